The van der Waals surface area contributed by atoms with Crippen LogP contribution in [-0.2, 0) is 22.6 Å². The predicted octanol–water partition coefficient (Wildman–Crippen LogP) is 5.83. The average Bonchev–Trinajstić information content (AvgIpc) is 2.80. The Morgan fingerprint density at radius 2 is 1.37 bits per heavy atom. The van der Waals surface area contributed by atoms with Crippen LogP contribution < -0.4 is 0 Å². The fraction of sp³-hybridized carbons (Fsp3) is 0.556. The molecule has 0 atom stereocenters. The zero-order chi connectivity index (χ0) is 20.7. The molecule has 2 fully saturated rings. The SMILES string of the molecule is CC1(N(Cc2ccccc2)Cc2ccccc2)CCC(OCC2CCOCC2)CC1. The fourth-order valence-electron chi connectivity index (χ4n) is 4.93. The van der Waals surface area contributed by atoms with Gasteiger partial charge in [-0.3, -0.25) is 4.90 Å². The van der Waals surface area contributed by atoms with E-state index < -0.39 is 0 Å². The zero-order valence-corrected chi connectivity index (χ0v) is 18.5. The molecule has 3 nitrogen and oxygen atoms in total. The van der Waals surface area contributed by atoms with E-state index in [0.717, 1.165) is 45.8 Å². The smallest absolute Gasteiger partial charge is 0.0576 e. The third kappa shape index (κ3) is 5.94. The summed E-state index contributed by atoms with van der Waals surface area (Å²) >= 11 is 0. The Morgan fingerprint density at radius 1 is 0.833 bits per heavy atom. The second-order valence-corrected chi connectivity index (χ2v) is 9.41. The van der Waals surface area contributed by atoms with Crippen LogP contribution in [0, 0.1) is 5.92 Å². The molecule has 1 saturated heterocycles. The summed E-state index contributed by atoms with van der Waals surface area (Å²) in [4.78, 5) is 2.70. The van der Waals surface area contributed by atoms with Crippen LogP contribution in [0.4, 0.5) is 0 Å². The minimum atomic E-state index is 0.213. The summed E-state index contributed by atoms with van der Waals surface area (Å²) in [6, 6.07) is 21.8. The second-order valence-electron chi connectivity index (χ2n) is 9.41. The molecule has 1 aliphatic heterocycles. The molecule has 0 amide bonds. The second kappa shape index (κ2) is 10.6. The molecule has 0 N–H and O–H groups in total. The first kappa shape index (κ1) is 21.5. The van der Waals surface area contributed by atoms with Crippen molar-refractivity contribution in [2.45, 2.75) is 70.2 Å². The quantitative estimate of drug-likeness (QED) is 0.549. The van der Waals surface area contributed by atoms with Gasteiger partial charge in [0.25, 0.3) is 0 Å². The van der Waals surface area contributed by atoms with Gasteiger partial charge in [0.2, 0.25) is 0 Å². The summed E-state index contributed by atoms with van der Waals surface area (Å²) < 4.78 is 11.8. The first-order valence-electron chi connectivity index (χ1n) is 11.7. The van der Waals surface area contributed by atoms with E-state index in [4.69, 9.17) is 9.47 Å². The highest BCUT2D eigenvalue weighted by Crippen LogP contribution is 2.37. The maximum absolute atomic E-state index is 6.36. The van der Waals surface area contributed by atoms with Gasteiger partial charge in [-0.1, -0.05) is 60.7 Å². The van der Waals surface area contributed by atoms with Crippen molar-refractivity contribution in [3.05, 3.63) is 71.8 Å². The Kier molecular flexibility index (Phi) is 7.59. The molecule has 3 heteroatoms. The van der Waals surface area contributed by atoms with Crippen LogP contribution in [0.5, 0.6) is 0 Å². The van der Waals surface area contributed by atoms with E-state index in [2.05, 4.69) is 72.5 Å². The third-order valence-corrected chi connectivity index (χ3v) is 7.11. The molecular weight excluding hydrogens is 370 g/mol. The Hall–Kier alpha value is -1.68. The summed E-state index contributed by atoms with van der Waals surface area (Å²) in [5, 5.41) is 0. The molecule has 0 radical (unpaired) electrons. The van der Waals surface area contributed by atoms with Gasteiger partial charge < -0.3 is 9.47 Å². The van der Waals surface area contributed by atoms with Crippen molar-refractivity contribution in [1.29, 1.82) is 0 Å². The number of ether oxygens (including phenoxy) is 2. The molecule has 4 rings (SSSR count). The summed E-state index contributed by atoms with van der Waals surface area (Å²) in [5.41, 5.74) is 3.00. The maximum Gasteiger partial charge on any atom is 0.0576 e. The molecule has 0 bridgehead atoms. The summed E-state index contributed by atoms with van der Waals surface area (Å²) in [5.74, 6) is 0.694. The minimum absolute atomic E-state index is 0.213. The van der Waals surface area contributed by atoms with E-state index in [9.17, 15) is 0 Å². The summed E-state index contributed by atoms with van der Waals surface area (Å²) in [6.45, 7) is 7.20. The Balaban J connectivity index is 1.37. The van der Waals surface area contributed by atoms with E-state index in [-0.39, 0.29) is 5.54 Å². The molecule has 162 valence electrons. The minimum Gasteiger partial charge on any atom is -0.381 e. The standard InChI is InChI=1S/C27H37NO2/c1-27(16-12-26(13-17-27)30-22-25-14-18-29-19-15-25)28(20-23-8-4-2-5-9-23)21-24-10-6-3-7-11-24/h2-11,25-26H,12-22H2,1H3. The molecule has 0 aromatic heterocycles. The van der Waals surface area contributed by atoms with Gasteiger partial charge in [-0.2, -0.15) is 0 Å². The van der Waals surface area contributed by atoms with E-state index in [1.54, 1.807) is 0 Å². The first-order valence-corrected chi connectivity index (χ1v) is 11.7. The highest BCUT2D eigenvalue weighted by atomic mass is 16.5. The van der Waals surface area contributed by atoms with Gasteiger partial charge >= 0.3 is 0 Å². The molecular formula is C27H37NO2. The molecule has 0 spiro atoms. The monoisotopic (exact) mass is 407 g/mol. The molecule has 1 saturated carbocycles. The summed E-state index contributed by atoms with van der Waals surface area (Å²) in [6.07, 6.45) is 7.48. The van der Waals surface area contributed by atoms with Gasteiger partial charge in [0, 0.05) is 38.4 Å². The van der Waals surface area contributed by atoms with Crippen molar-refractivity contribution in [2.75, 3.05) is 19.8 Å². The van der Waals surface area contributed by atoms with Crippen LogP contribution in [0.15, 0.2) is 60.7 Å². The molecule has 1 aliphatic carbocycles. The van der Waals surface area contributed by atoms with Gasteiger partial charge in [0.15, 0.2) is 0 Å². The Labute approximate surface area is 182 Å². The van der Waals surface area contributed by atoms with Crippen molar-refractivity contribution in [3.63, 3.8) is 0 Å². The van der Waals surface area contributed by atoms with E-state index in [0.29, 0.717) is 12.0 Å². The zero-order valence-electron chi connectivity index (χ0n) is 18.5. The Bertz CT molecular complexity index is 692. The average molecular weight is 408 g/mol. The number of benzene rings is 2. The number of hydrogen-bond acceptors (Lipinski definition) is 3. The third-order valence-electron chi connectivity index (χ3n) is 7.11. The molecule has 0 unspecified atom stereocenters. The van der Waals surface area contributed by atoms with Crippen LogP contribution in [-0.4, -0.2) is 36.4 Å². The highest BCUT2D eigenvalue weighted by molar-refractivity contribution is 5.18. The lowest BCUT2D eigenvalue weighted by atomic mass is 9.80. The molecule has 2 aromatic carbocycles. The molecule has 30 heavy (non-hydrogen) atoms. The largest absolute Gasteiger partial charge is 0.381 e. The van der Waals surface area contributed by atoms with Gasteiger partial charge in [-0.25, -0.2) is 0 Å². The summed E-state index contributed by atoms with van der Waals surface area (Å²) in [7, 11) is 0. The van der Waals surface area contributed by atoms with Crippen molar-refractivity contribution in [2.24, 2.45) is 5.92 Å². The maximum atomic E-state index is 6.36. The van der Waals surface area contributed by atoms with Crippen LogP contribution in [0.25, 0.3) is 0 Å². The topological polar surface area (TPSA) is 21.7 Å². The number of hydrogen-bond donors (Lipinski definition) is 0. The highest BCUT2D eigenvalue weighted by Gasteiger charge is 2.36. The van der Waals surface area contributed by atoms with E-state index in [1.165, 1.54) is 36.8 Å². The van der Waals surface area contributed by atoms with Gasteiger partial charge in [0.05, 0.1) is 6.10 Å². The lowest BCUT2D eigenvalue weighted by Crippen LogP contribution is -2.49. The fourth-order valence-corrected chi connectivity index (χ4v) is 4.93. The van der Waals surface area contributed by atoms with E-state index in [1.807, 2.05) is 0 Å². The van der Waals surface area contributed by atoms with Crippen LogP contribution in [0.2, 0.25) is 0 Å². The van der Waals surface area contributed by atoms with Crippen molar-refractivity contribution < 1.29 is 9.47 Å². The normalized spacial score (nSPS) is 25.5. The van der Waals surface area contributed by atoms with E-state index >= 15 is 0 Å². The van der Waals surface area contributed by atoms with Gasteiger partial charge in [-0.05, 0) is 62.5 Å². The van der Waals surface area contributed by atoms with Crippen molar-refractivity contribution in [1.82, 2.24) is 4.90 Å². The predicted molar refractivity (Wildman–Crippen MR) is 122 cm³/mol. The lowest BCUT2D eigenvalue weighted by molar-refractivity contribution is -0.0509. The first-order chi connectivity index (χ1) is 14.7. The molecule has 2 aliphatic rings. The molecule has 2 aromatic rings. The number of nitrogens with zero attached hydrogens (tertiary/aromatic N) is 1. The van der Waals surface area contributed by atoms with Crippen molar-refractivity contribution >= 4 is 0 Å². The van der Waals surface area contributed by atoms with Gasteiger partial charge in [0.1, 0.15) is 0 Å². The molecule has 1 heterocycles. The Morgan fingerprint density at radius 3 is 1.90 bits per heavy atom. The number of rotatable bonds is 8. The lowest BCUT2D eigenvalue weighted by Gasteiger charge is -2.46. The van der Waals surface area contributed by atoms with Gasteiger partial charge in [-0.15, -0.1) is 0 Å². The van der Waals surface area contributed by atoms with Crippen LogP contribution >= 0.6 is 0 Å². The van der Waals surface area contributed by atoms with Crippen molar-refractivity contribution in [3.8, 4) is 0 Å². The van der Waals surface area contributed by atoms with Crippen LogP contribution in [0.1, 0.15) is 56.6 Å². The van der Waals surface area contributed by atoms with Crippen LogP contribution in [0.3, 0.4) is 0 Å².